The van der Waals surface area contributed by atoms with Crippen molar-refractivity contribution in [3.63, 3.8) is 0 Å². The number of hydrogen-bond donors (Lipinski definition) is 1. The van der Waals surface area contributed by atoms with Gasteiger partial charge in [-0.2, -0.15) is 0 Å². The van der Waals surface area contributed by atoms with Crippen LogP contribution in [0.25, 0.3) is 0 Å². The molecule has 0 aliphatic carbocycles. The highest BCUT2D eigenvalue weighted by Gasteiger charge is 1.86. The highest BCUT2D eigenvalue weighted by Crippen LogP contribution is 1.97. The first kappa shape index (κ1) is 6.97. The van der Waals surface area contributed by atoms with Crippen LogP contribution in [0.4, 0.5) is 0 Å². The van der Waals surface area contributed by atoms with Crippen LogP contribution < -0.4 is 0 Å². The van der Waals surface area contributed by atoms with Crippen LogP contribution in [0.3, 0.4) is 0 Å². The molecule has 0 aromatic heterocycles. The molecule has 0 aromatic carbocycles. The molecule has 0 saturated heterocycles. The Morgan fingerprint density at radius 1 is 2.00 bits per heavy atom. The molecule has 0 spiro atoms. The predicted octanol–water partition coefficient (Wildman–Crippen LogP) is 1.48. The normalized spacial score (nSPS) is 7.83. The van der Waals surface area contributed by atoms with Crippen LogP contribution in [-0.4, -0.2) is 14.5 Å². The summed E-state index contributed by atoms with van der Waals surface area (Å²) in [4.78, 5) is 0. The SMILES string of the molecule is CN(I)C(=S)S. The van der Waals surface area contributed by atoms with E-state index in [0.29, 0.717) is 4.32 Å². The van der Waals surface area contributed by atoms with Crippen LogP contribution in [0.15, 0.2) is 0 Å². The Hall–Kier alpha value is 0.970. The largest absolute Gasteiger partial charge is 0.303 e. The van der Waals surface area contributed by atoms with Gasteiger partial charge in [-0.1, -0.05) is 12.2 Å². The monoisotopic (exact) mass is 233 g/mol. The van der Waals surface area contributed by atoms with E-state index in [0.717, 1.165) is 0 Å². The van der Waals surface area contributed by atoms with Crippen molar-refractivity contribution in [1.29, 1.82) is 0 Å². The topological polar surface area (TPSA) is 3.24 Å². The van der Waals surface area contributed by atoms with Gasteiger partial charge in [0.05, 0.1) is 22.9 Å². The molecule has 36 valence electrons. The summed E-state index contributed by atoms with van der Waals surface area (Å²) in [7, 11) is 1.84. The molecule has 0 fully saturated rings. The van der Waals surface area contributed by atoms with Crippen LogP contribution in [0.5, 0.6) is 0 Å². The number of halogens is 1. The Balaban J connectivity index is 3.26. The molecule has 4 heteroatoms. The van der Waals surface area contributed by atoms with E-state index < -0.39 is 0 Å². The first-order valence-electron chi connectivity index (χ1n) is 1.27. The van der Waals surface area contributed by atoms with E-state index in [-0.39, 0.29) is 0 Å². The molecule has 6 heavy (non-hydrogen) atoms. The van der Waals surface area contributed by atoms with Crippen LogP contribution in [-0.2, 0) is 0 Å². The van der Waals surface area contributed by atoms with Crippen molar-refractivity contribution < 1.29 is 0 Å². The van der Waals surface area contributed by atoms with Gasteiger partial charge in [-0.15, -0.1) is 12.6 Å². The standard InChI is InChI=1S/C2H4INS2/c1-4(3)2(5)6/h1H3,(H,5,6). The molecule has 0 atom stereocenters. The summed E-state index contributed by atoms with van der Waals surface area (Å²) in [6.07, 6.45) is 0. The summed E-state index contributed by atoms with van der Waals surface area (Å²) < 4.78 is 2.34. The van der Waals surface area contributed by atoms with Crippen LogP contribution in [0, 0.1) is 0 Å². The van der Waals surface area contributed by atoms with E-state index in [4.69, 9.17) is 0 Å². The summed E-state index contributed by atoms with van der Waals surface area (Å²) >= 11 is 10.5. The van der Waals surface area contributed by atoms with Gasteiger partial charge in [-0.25, -0.2) is 0 Å². The molecule has 0 N–H and O–H groups in total. The number of nitrogens with zero attached hydrogens (tertiary/aromatic N) is 1. The van der Waals surface area contributed by atoms with Crippen LogP contribution >= 0.6 is 47.7 Å². The number of thiocarbonyl (C=S) groups is 1. The molecular formula is C2H4INS2. The Kier molecular flexibility index (Phi) is 3.53. The molecule has 0 aliphatic heterocycles. The number of rotatable bonds is 0. The van der Waals surface area contributed by atoms with Gasteiger partial charge in [0.2, 0.25) is 0 Å². The molecule has 0 heterocycles. The molecule has 0 bridgehead atoms. The molecule has 0 unspecified atom stereocenters. The summed E-state index contributed by atoms with van der Waals surface area (Å²) in [6.45, 7) is 0. The van der Waals surface area contributed by atoms with Crippen LogP contribution in [0.2, 0.25) is 0 Å². The first-order valence-corrected chi connectivity index (χ1v) is 3.09. The molecule has 0 radical (unpaired) electrons. The number of thiol groups is 1. The van der Waals surface area contributed by atoms with Gasteiger partial charge in [0.15, 0.2) is 0 Å². The van der Waals surface area contributed by atoms with Gasteiger partial charge in [-0.3, -0.25) is 0 Å². The molecule has 0 aliphatic rings. The zero-order valence-electron chi connectivity index (χ0n) is 3.18. The zero-order valence-corrected chi connectivity index (χ0v) is 7.05. The summed E-state index contributed by atoms with van der Waals surface area (Å²) in [5.74, 6) is 0. The lowest BCUT2D eigenvalue weighted by Crippen LogP contribution is -2.04. The first-order chi connectivity index (χ1) is 2.64. The molecule has 0 rings (SSSR count). The maximum Gasteiger partial charge on any atom is 0.141 e. The zero-order chi connectivity index (χ0) is 5.15. The molecule has 0 saturated carbocycles. The molecule has 1 nitrogen and oxygen atoms in total. The Bertz CT molecular complexity index is 62.6. The van der Waals surface area contributed by atoms with E-state index in [1.54, 1.807) is 3.11 Å². The second-order valence-corrected chi connectivity index (χ2v) is 3.32. The molecular weight excluding hydrogens is 229 g/mol. The lowest BCUT2D eigenvalue weighted by atomic mass is 11.2. The van der Waals surface area contributed by atoms with Gasteiger partial charge >= 0.3 is 0 Å². The lowest BCUT2D eigenvalue weighted by molar-refractivity contribution is 0.948. The maximum absolute atomic E-state index is 4.60. The van der Waals surface area contributed by atoms with Gasteiger partial charge in [-0.05, 0) is 0 Å². The Labute approximate surface area is 62.0 Å². The quantitative estimate of drug-likeness (QED) is 0.292. The average molecular weight is 233 g/mol. The highest BCUT2D eigenvalue weighted by atomic mass is 127. The van der Waals surface area contributed by atoms with Gasteiger partial charge < -0.3 is 3.11 Å². The minimum absolute atomic E-state index is 0.607. The Morgan fingerprint density at radius 2 is 2.17 bits per heavy atom. The second-order valence-electron chi connectivity index (χ2n) is 0.760. The minimum Gasteiger partial charge on any atom is -0.303 e. The molecule has 0 amide bonds. The van der Waals surface area contributed by atoms with Crippen molar-refractivity contribution in [3.8, 4) is 0 Å². The van der Waals surface area contributed by atoms with E-state index in [9.17, 15) is 0 Å². The number of hydrogen-bond acceptors (Lipinski definition) is 1. The fourth-order valence-corrected chi connectivity index (χ4v) is 0. The lowest BCUT2D eigenvalue weighted by Gasteiger charge is -2.01. The smallest absolute Gasteiger partial charge is 0.141 e. The Morgan fingerprint density at radius 3 is 2.17 bits per heavy atom. The van der Waals surface area contributed by atoms with Crippen molar-refractivity contribution in [1.82, 2.24) is 3.11 Å². The van der Waals surface area contributed by atoms with E-state index in [2.05, 4.69) is 24.8 Å². The van der Waals surface area contributed by atoms with Crippen molar-refractivity contribution >= 4 is 52.0 Å². The third kappa shape index (κ3) is 3.17. The van der Waals surface area contributed by atoms with Crippen molar-refractivity contribution in [3.05, 3.63) is 0 Å². The third-order valence-corrected chi connectivity index (χ3v) is 2.03. The molecule has 0 aromatic rings. The van der Waals surface area contributed by atoms with E-state index >= 15 is 0 Å². The van der Waals surface area contributed by atoms with Gasteiger partial charge in [0, 0.05) is 7.05 Å². The minimum atomic E-state index is 0.607. The summed E-state index contributed by atoms with van der Waals surface area (Å²) in [6, 6.07) is 0. The third-order valence-electron chi connectivity index (χ3n) is 0.264. The van der Waals surface area contributed by atoms with Crippen molar-refractivity contribution in [2.75, 3.05) is 7.05 Å². The van der Waals surface area contributed by atoms with Gasteiger partial charge in [0.25, 0.3) is 0 Å². The van der Waals surface area contributed by atoms with Crippen molar-refractivity contribution in [2.24, 2.45) is 0 Å². The fourth-order valence-electron chi connectivity index (χ4n) is 0. The maximum atomic E-state index is 4.60. The predicted molar refractivity (Wildman–Crippen MR) is 43.4 cm³/mol. The average Bonchev–Trinajstić information content (AvgIpc) is 1.36. The van der Waals surface area contributed by atoms with Crippen molar-refractivity contribution in [2.45, 2.75) is 0 Å². The highest BCUT2D eigenvalue weighted by molar-refractivity contribution is 14.1. The second kappa shape index (κ2) is 3.04. The fraction of sp³-hybridized carbons (Fsp3) is 0.500. The van der Waals surface area contributed by atoms with Crippen LogP contribution in [0.1, 0.15) is 0 Å². The summed E-state index contributed by atoms with van der Waals surface area (Å²) in [5, 5.41) is 0. The van der Waals surface area contributed by atoms with E-state index in [1.165, 1.54) is 0 Å². The van der Waals surface area contributed by atoms with Gasteiger partial charge in [0.1, 0.15) is 4.32 Å². The van der Waals surface area contributed by atoms with E-state index in [1.807, 2.05) is 29.9 Å². The summed E-state index contributed by atoms with van der Waals surface area (Å²) in [5.41, 5.74) is 0.